The number of hydrogen-bond acceptors (Lipinski definition) is 8. The molecule has 12 nitrogen and oxygen atoms in total. The molecule has 4 aromatic carbocycles. The zero-order valence-corrected chi connectivity index (χ0v) is 31.7. The number of para-hydroxylation sites is 4. The number of carbonyl (C=O) groups excluding carboxylic acids is 2. The SMILES string of the molecule is Nc1ccccc1NC(=O)CCCCCCC(=O)Nc1ccc([C@@H]2O[C@H](CN3CCC(n4c(=O)[nH]c5ccccc54)CC3)C[C@H](c3ccc(CO)cc3)O2)cc1. The summed E-state index contributed by atoms with van der Waals surface area (Å²) in [5.41, 5.74) is 12.3. The molecule has 0 unspecified atom stereocenters. The molecule has 6 N–H and O–H groups in total. The fourth-order valence-electron chi connectivity index (χ4n) is 7.81. The summed E-state index contributed by atoms with van der Waals surface area (Å²) in [6.45, 7) is 2.43. The summed E-state index contributed by atoms with van der Waals surface area (Å²) in [6, 6.07) is 30.7. The molecular weight excluding hydrogens is 709 g/mol. The maximum Gasteiger partial charge on any atom is 0.326 e. The highest BCUT2D eigenvalue weighted by molar-refractivity contribution is 5.93. The van der Waals surface area contributed by atoms with Gasteiger partial charge in [0.1, 0.15) is 0 Å². The Bertz CT molecular complexity index is 2120. The van der Waals surface area contributed by atoms with Crippen LogP contribution in [-0.2, 0) is 25.7 Å². The number of imidazole rings is 1. The summed E-state index contributed by atoms with van der Waals surface area (Å²) in [5.74, 6) is -0.112. The van der Waals surface area contributed by atoms with Crippen molar-refractivity contribution in [2.75, 3.05) is 36.0 Å². The van der Waals surface area contributed by atoms with Crippen molar-refractivity contribution in [3.8, 4) is 0 Å². The molecule has 0 bridgehead atoms. The Balaban J connectivity index is 0.900. The van der Waals surface area contributed by atoms with Crippen molar-refractivity contribution in [3.63, 3.8) is 0 Å². The van der Waals surface area contributed by atoms with Crippen LogP contribution in [0.2, 0.25) is 0 Å². The quantitative estimate of drug-likeness (QED) is 0.0553. The number of fused-ring (bicyclic) bond motifs is 1. The summed E-state index contributed by atoms with van der Waals surface area (Å²) in [4.78, 5) is 43.3. The smallest absolute Gasteiger partial charge is 0.326 e. The van der Waals surface area contributed by atoms with Crippen LogP contribution in [0.25, 0.3) is 11.0 Å². The molecule has 5 aromatic rings. The van der Waals surface area contributed by atoms with Crippen LogP contribution in [0.4, 0.5) is 17.1 Å². The van der Waals surface area contributed by atoms with E-state index in [4.69, 9.17) is 15.2 Å². The van der Waals surface area contributed by atoms with Crippen molar-refractivity contribution >= 4 is 39.9 Å². The number of unbranched alkanes of at least 4 members (excludes halogenated alkanes) is 3. The fourth-order valence-corrected chi connectivity index (χ4v) is 7.81. The number of amides is 2. The van der Waals surface area contributed by atoms with Crippen molar-refractivity contribution in [1.29, 1.82) is 0 Å². The average Bonchev–Trinajstić information content (AvgIpc) is 3.56. The lowest BCUT2D eigenvalue weighted by Crippen LogP contribution is -2.43. The lowest BCUT2D eigenvalue weighted by Gasteiger charge is -2.40. The van der Waals surface area contributed by atoms with E-state index >= 15 is 0 Å². The number of nitrogens with zero attached hydrogens (tertiary/aromatic N) is 2. The van der Waals surface area contributed by atoms with Crippen molar-refractivity contribution in [3.05, 3.63) is 124 Å². The van der Waals surface area contributed by atoms with Gasteiger partial charge in [0, 0.05) is 56.2 Å². The predicted octanol–water partition coefficient (Wildman–Crippen LogP) is 7.20. The highest BCUT2D eigenvalue weighted by Crippen LogP contribution is 2.39. The average molecular weight is 761 g/mol. The number of likely N-dealkylation sites (tertiary alicyclic amines) is 1. The standard InChI is InChI=1S/C44H52N6O6/c45-36-9-5-6-10-37(36)47-42(53)14-4-2-1-3-13-41(52)46-33-21-19-32(20-22-33)43-55-35(27-40(56-43)31-17-15-30(29-51)16-18-31)28-49-25-23-34(24-26-49)50-39-12-8-7-11-38(39)48-44(50)54/h5-12,15-22,34-35,40,43,51H,1-4,13-14,23-29,45H2,(H,46,52)(H,47,53)(H,48,54)/t35-,40+,43+/m0/s1. The minimum Gasteiger partial charge on any atom is -0.397 e. The molecule has 3 atom stereocenters. The zero-order chi connectivity index (χ0) is 38.9. The Kier molecular flexibility index (Phi) is 12.9. The van der Waals surface area contributed by atoms with E-state index in [-0.39, 0.29) is 42.4 Å². The lowest BCUT2D eigenvalue weighted by atomic mass is 9.98. The van der Waals surface area contributed by atoms with E-state index in [0.29, 0.717) is 36.3 Å². The van der Waals surface area contributed by atoms with Crippen LogP contribution < -0.4 is 22.1 Å². The molecule has 56 heavy (non-hydrogen) atoms. The molecule has 3 heterocycles. The van der Waals surface area contributed by atoms with Crippen molar-refractivity contribution in [2.45, 2.75) is 88.9 Å². The molecule has 2 amide bonds. The van der Waals surface area contributed by atoms with Crippen LogP contribution in [0.15, 0.2) is 102 Å². The molecule has 7 rings (SSSR count). The maximum atomic E-state index is 12.8. The summed E-state index contributed by atoms with van der Waals surface area (Å²) in [5, 5.41) is 15.4. The topological polar surface area (TPSA) is 164 Å². The molecule has 1 aromatic heterocycles. The van der Waals surface area contributed by atoms with Crippen molar-refractivity contribution in [2.24, 2.45) is 0 Å². The second-order valence-electron chi connectivity index (χ2n) is 14.9. The van der Waals surface area contributed by atoms with Crippen LogP contribution >= 0.6 is 0 Å². The van der Waals surface area contributed by atoms with Crippen LogP contribution in [0.1, 0.15) is 92.9 Å². The van der Waals surface area contributed by atoms with Gasteiger partial charge in [-0.15, -0.1) is 0 Å². The Hall–Kier alpha value is -5.27. The maximum absolute atomic E-state index is 12.8. The van der Waals surface area contributed by atoms with Crippen LogP contribution in [0, 0.1) is 0 Å². The molecule has 2 aliphatic heterocycles. The minimum absolute atomic E-state index is 0.0180. The summed E-state index contributed by atoms with van der Waals surface area (Å²) in [6.07, 6.45) is 5.54. The van der Waals surface area contributed by atoms with Gasteiger partial charge in [-0.05, 0) is 73.2 Å². The third-order valence-corrected chi connectivity index (χ3v) is 10.9. The van der Waals surface area contributed by atoms with Crippen LogP contribution in [0.5, 0.6) is 0 Å². The number of aromatic nitrogens is 2. The fraction of sp³-hybridized carbons (Fsp3) is 0.386. The molecule has 0 saturated carbocycles. The largest absolute Gasteiger partial charge is 0.397 e. The minimum atomic E-state index is -0.601. The number of hydrogen-bond donors (Lipinski definition) is 5. The van der Waals surface area contributed by atoms with Gasteiger partial charge in [0.05, 0.1) is 41.2 Å². The van der Waals surface area contributed by atoms with E-state index in [1.165, 1.54) is 0 Å². The van der Waals surface area contributed by atoms with E-state index in [1.807, 2.05) is 89.5 Å². The molecule has 2 fully saturated rings. The summed E-state index contributed by atoms with van der Waals surface area (Å²) >= 11 is 0. The van der Waals surface area contributed by atoms with Gasteiger partial charge in [0.15, 0.2) is 6.29 Å². The molecule has 2 aliphatic rings. The Morgan fingerprint density at radius 1 is 0.786 bits per heavy atom. The Morgan fingerprint density at radius 3 is 2.16 bits per heavy atom. The lowest BCUT2D eigenvalue weighted by molar-refractivity contribution is -0.253. The zero-order valence-electron chi connectivity index (χ0n) is 31.7. The second kappa shape index (κ2) is 18.6. The van der Waals surface area contributed by atoms with E-state index in [9.17, 15) is 19.5 Å². The number of H-pyrrole nitrogens is 1. The van der Waals surface area contributed by atoms with Gasteiger partial charge >= 0.3 is 5.69 Å². The second-order valence-corrected chi connectivity index (χ2v) is 14.9. The van der Waals surface area contributed by atoms with Gasteiger partial charge in [-0.1, -0.05) is 73.5 Å². The number of aliphatic hydroxyl groups is 1. The monoisotopic (exact) mass is 760 g/mol. The number of piperidine rings is 1. The molecular formula is C44H52N6O6. The first-order valence-electron chi connectivity index (χ1n) is 19.8. The Labute approximate surface area is 327 Å². The van der Waals surface area contributed by atoms with Crippen LogP contribution in [-0.4, -0.2) is 57.1 Å². The van der Waals surface area contributed by atoms with E-state index in [1.54, 1.807) is 12.1 Å². The summed E-state index contributed by atoms with van der Waals surface area (Å²) < 4.78 is 15.1. The first-order valence-corrected chi connectivity index (χ1v) is 19.8. The number of nitrogen functional groups attached to an aromatic ring is 1. The van der Waals surface area contributed by atoms with Crippen LogP contribution in [0.3, 0.4) is 0 Å². The van der Waals surface area contributed by atoms with Gasteiger partial charge in [0.2, 0.25) is 11.8 Å². The van der Waals surface area contributed by atoms with E-state index in [2.05, 4.69) is 20.5 Å². The number of nitrogens with one attached hydrogen (secondary N) is 3. The predicted molar refractivity (Wildman–Crippen MR) is 218 cm³/mol. The van der Waals surface area contributed by atoms with Gasteiger partial charge in [-0.2, -0.15) is 0 Å². The van der Waals surface area contributed by atoms with Crippen molar-refractivity contribution < 1.29 is 24.2 Å². The van der Waals surface area contributed by atoms with Gasteiger partial charge in [0.25, 0.3) is 0 Å². The third kappa shape index (κ3) is 9.93. The van der Waals surface area contributed by atoms with Crippen molar-refractivity contribution in [1.82, 2.24) is 14.5 Å². The highest BCUT2D eigenvalue weighted by Gasteiger charge is 2.34. The number of benzene rings is 4. The molecule has 2 saturated heterocycles. The number of aliphatic hydroxyl groups excluding tert-OH is 1. The number of ether oxygens (including phenoxy) is 2. The van der Waals surface area contributed by atoms with E-state index in [0.717, 1.165) is 85.9 Å². The van der Waals surface area contributed by atoms with Gasteiger partial charge in [-0.25, -0.2) is 4.79 Å². The number of rotatable bonds is 15. The number of nitrogens with two attached hydrogens (primary N) is 1. The highest BCUT2D eigenvalue weighted by atomic mass is 16.7. The Morgan fingerprint density at radius 2 is 1.45 bits per heavy atom. The number of carbonyl (C=O) groups is 2. The molecule has 0 aliphatic carbocycles. The third-order valence-electron chi connectivity index (χ3n) is 10.9. The molecule has 0 radical (unpaired) electrons. The first-order chi connectivity index (χ1) is 27.3. The molecule has 0 spiro atoms. The van der Waals surface area contributed by atoms with Gasteiger partial charge in [-0.3, -0.25) is 14.2 Å². The molecule has 12 heteroatoms. The summed E-state index contributed by atoms with van der Waals surface area (Å²) in [7, 11) is 0. The normalized spacial score (nSPS) is 19.2. The first kappa shape index (κ1) is 39.0. The molecule has 294 valence electrons. The van der Waals surface area contributed by atoms with Gasteiger partial charge < -0.3 is 40.8 Å². The number of anilines is 3. The number of aromatic amines is 1. The van der Waals surface area contributed by atoms with E-state index < -0.39 is 6.29 Å².